The molecule has 1 N–H and O–H groups in total. The van der Waals surface area contributed by atoms with Crippen LogP contribution in [-0.2, 0) is 16.3 Å². The van der Waals surface area contributed by atoms with Crippen molar-refractivity contribution in [1.82, 2.24) is 0 Å². The first-order valence-electron chi connectivity index (χ1n) is 6.74. The Kier molecular flexibility index (Phi) is 12.6. The van der Waals surface area contributed by atoms with E-state index in [-0.39, 0.29) is 0 Å². The highest BCUT2D eigenvalue weighted by molar-refractivity contribution is 8.67. The largest absolute Gasteiger partial charge is 0.337 e. The summed E-state index contributed by atoms with van der Waals surface area (Å²) in [5, 5.41) is 0. The smallest absolute Gasteiger partial charge is 0.244 e. The van der Waals surface area contributed by atoms with Gasteiger partial charge in [-0.25, -0.2) is 0 Å². The number of rotatable bonds is 12. The Morgan fingerprint density at radius 1 is 1.00 bits per heavy atom. The summed E-state index contributed by atoms with van der Waals surface area (Å²) in [6.45, 7) is 4.98. The zero-order chi connectivity index (χ0) is 13.0. The van der Waals surface area contributed by atoms with E-state index in [1.165, 1.54) is 43.5 Å². The summed E-state index contributed by atoms with van der Waals surface area (Å²) in [5.41, 5.74) is -2.53. The van der Waals surface area contributed by atoms with Crippen molar-refractivity contribution in [3.05, 3.63) is 0 Å². The number of hydrogen-bond acceptors (Lipinski definition) is 3. The Labute approximate surface area is 116 Å². The molecule has 0 aromatic carbocycles. The van der Waals surface area contributed by atoms with Gasteiger partial charge in [-0.3, -0.25) is 0 Å². The van der Waals surface area contributed by atoms with Crippen LogP contribution in [0.5, 0.6) is 0 Å². The van der Waals surface area contributed by atoms with Crippen LogP contribution in [0.4, 0.5) is 0 Å². The van der Waals surface area contributed by atoms with Crippen LogP contribution in [0.1, 0.15) is 65.2 Å². The van der Waals surface area contributed by atoms with E-state index in [1.54, 1.807) is 0 Å². The van der Waals surface area contributed by atoms with Crippen molar-refractivity contribution in [2.75, 3.05) is 12.4 Å². The van der Waals surface area contributed by atoms with Gasteiger partial charge in [0.25, 0.3) is 0 Å². The third-order valence-electron chi connectivity index (χ3n) is 2.50. The third-order valence-corrected chi connectivity index (χ3v) is 6.92. The molecule has 0 aromatic heterocycles. The molecule has 0 aliphatic heterocycles. The number of hydrogen-bond donors (Lipinski definition) is 1. The highest BCUT2D eigenvalue weighted by Crippen LogP contribution is 2.56. The standard InChI is InChI=1S/C12H27O2PS2/c1-3-5-7-8-9-10-11-14-15(13,16)17-12-6-4-2/h3-12H2,1-2H3,(H,13,16). The molecule has 0 spiro atoms. The lowest BCUT2D eigenvalue weighted by Gasteiger charge is -2.14. The minimum absolute atomic E-state index is 0.624. The van der Waals surface area contributed by atoms with E-state index in [0.717, 1.165) is 25.0 Å². The molecule has 1 atom stereocenters. The van der Waals surface area contributed by atoms with Crippen molar-refractivity contribution < 1.29 is 9.42 Å². The molecule has 17 heavy (non-hydrogen) atoms. The molecule has 0 aliphatic carbocycles. The quantitative estimate of drug-likeness (QED) is 0.400. The third kappa shape index (κ3) is 13.2. The summed E-state index contributed by atoms with van der Waals surface area (Å²) in [7, 11) is 0. The van der Waals surface area contributed by atoms with Gasteiger partial charge in [-0.1, -0.05) is 63.8 Å². The van der Waals surface area contributed by atoms with E-state index in [2.05, 4.69) is 13.8 Å². The van der Waals surface area contributed by atoms with Gasteiger partial charge >= 0.3 is 0 Å². The molecule has 0 fully saturated rings. The van der Waals surface area contributed by atoms with Crippen LogP contribution in [0.25, 0.3) is 0 Å². The summed E-state index contributed by atoms with van der Waals surface area (Å²) < 4.78 is 5.43. The number of unbranched alkanes of at least 4 members (excludes halogenated alkanes) is 6. The van der Waals surface area contributed by atoms with Gasteiger partial charge in [-0.15, -0.1) is 0 Å². The normalized spacial score (nSPS) is 14.8. The van der Waals surface area contributed by atoms with Crippen LogP contribution in [0.3, 0.4) is 0 Å². The molecule has 1 unspecified atom stereocenters. The van der Waals surface area contributed by atoms with E-state index in [1.807, 2.05) is 0 Å². The van der Waals surface area contributed by atoms with E-state index < -0.39 is 5.69 Å². The van der Waals surface area contributed by atoms with Gasteiger partial charge in [-0.2, -0.15) is 0 Å². The van der Waals surface area contributed by atoms with E-state index in [9.17, 15) is 4.89 Å². The molecule has 2 nitrogen and oxygen atoms in total. The minimum Gasteiger partial charge on any atom is -0.337 e. The molecule has 0 aromatic rings. The van der Waals surface area contributed by atoms with Crippen LogP contribution in [0.15, 0.2) is 0 Å². The lowest BCUT2D eigenvalue weighted by Crippen LogP contribution is -1.92. The SMILES string of the molecule is CCCCCCCCOP(O)(=S)SCCCC. The maximum Gasteiger partial charge on any atom is 0.244 e. The minimum atomic E-state index is -2.53. The molecule has 0 rings (SSSR count). The summed E-state index contributed by atoms with van der Waals surface area (Å²) in [6.07, 6.45) is 9.65. The molecule has 0 bridgehead atoms. The second kappa shape index (κ2) is 12.0. The van der Waals surface area contributed by atoms with Gasteiger partial charge < -0.3 is 9.42 Å². The molecule has 0 amide bonds. The lowest BCUT2D eigenvalue weighted by molar-refractivity contribution is 0.307. The Bertz CT molecular complexity index is 213. The van der Waals surface area contributed by atoms with Gasteiger partial charge in [0.15, 0.2) is 0 Å². The Balaban J connectivity index is 3.36. The van der Waals surface area contributed by atoms with Crippen LogP contribution < -0.4 is 0 Å². The molecular formula is C12H27O2PS2. The van der Waals surface area contributed by atoms with Crippen molar-refractivity contribution in [2.24, 2.45) is 0 Å². The molecular weight excluding hydrogens is 271 g/mol. The maximum absolute atomic E-state index is 9.85. The fourth-order valence-corrected chi connectivity index (χ4v) is 4.93. The molecule has 0 saturated carbocycles. The fraction of sp³-hybridized carbons (Fsp3) is 1.00. The van der Waals surface area contributed by atoms with Crippen molar-refractivity contribution >= 4 is 28.9 Å². The fourth-order valence-electron chi connectivity index (χ4n) is 1.42. The predicted octanol–water partition coefficient (Wildman–Crippen LogP) is 5.11. The van der Waals surface area contributed by atoms with Gasteiger partial charge in [0.1, 0.15) is 0 Å². The summed E-state index contributed by atoms with van der Waals surface area (Å²) in [6, 6.07) is 0. The molecule has 5 heteroatoms. The topological polar surface area (TPSA) is 29.5 Å². The monoisotopic (exact) mass is 298 g/mol. The lowest BCUT2D eigenvalue weighted by atomic mass is 10.1. The average molecular weight is 298 g/mol. The molecule has 104 valence electrons. The van der Waals surface area contributed by atoms with Crippen LogP contribution >= 0.6 is 17.1 Å². The zero-order valence-corrected chi connectivity index (χ0v) is 13.7. The van der Waals surface area contributed by atoms with Gasteiger partial charge in [0.2, 0.25) is 5.69 Å². The second-order valence-electron chi connectivity index (χ2n) is 4.26. The first-order chi connectivity index (χ1) is 8.12. The predicted molar refractivity (Wildman–Crippen MR) is 83.2 cm³/mol. The average Bonchev–Trinajstić information content (AvgIpc) is 2.28. The van der Waals surface area contributed by atoms with Gasteiger partial charge in [0.05, 0.1) is 6.61 Å². The second-order valence-corrected chi connectivity index (χ2v) is 10.6. The first kappa shape index (κ1) is 17.9. The van der Waals surface area contributed by atoms with E-state index >= 15 is 0 Å². The molecule has 0 radical (unpaired) electrons. The Hall–Kier alpha value is 0.920. The molecule has 0 aliphatic rings. The summed E-state index contributed by atoms with van der Waals surface area (Å²) in [5.74, 6) is 0.917. The van der Waals surface area contributed by atoms with Gasteiger partial charge in [-0.05, 0) is 24.6 Å². The maximum atomic E-state index is 9.85. The van der Waals surface area contributed by atoms with E-state index in [0.29, 0.717) is 6.61 Å². The van der Waals surface area contributed by atoms with Crippen molar-refractivity contribution in [2.45, 2.75) is 65.2 Å². The van der Waals surface area contributed by atoms with Crippen LogP contribution in [-0.4, -0.2) is 17.3 Å². The van der Waals surface area contributed by atoms with Crippen LogP contribution in [0.2, 0.25) is 0 Å². The van der Waals surface area contributed by atoms with Crippen molar-refractivity contribution in [3.63, 3.8) is 0 Å². The molecule has 0 saturated heterocycles. The van der Waals surface area contributed by atoms with Crippen molar-refractivity contribution in [1.29, 1.82) is 0 Å². The van der Waals surface area contributed by atoms with Crippen LogP contribution in [0, 0.1) is 0 Å². The Morgan fingerprint density at radius 3 is 2.24 bits per heavy atom. The zero-order valence-electron chi connectivity index (χ0n) is 11.2. The highest BCUT2D eigenvalue weighted by atomic mass is 32.9. The molecule has 0 heterocycles. The summed E-state index contributed by atoms with van der Waals surface area (Å²) >= 11 is 6.52. The van der Waals surface area contributed by atoms with E-state index in [4.69, 9.17) is 16.3 Å². The summed E-state index contributed by atoms with van der Waals surface area (Å²) in [4.78, 5) is 9.85. The van der Waals surface area contributed by atoms with Crippen molar-refractivity contribution in [3.8, 4) is 0 Å². The first-order valence-corrected chi connectivity index (χ1v) is 11.0. The highest BCUT2D eigenvalue weighted by Gasteiger charge is 2.13. The van der Waals surface area contributed by atoms with Gasteiger partial charge in [0, 0.05) is 5.75 Å². The Morgan fingerprint density at radius 2 is 1.59 bits per heavy atom.